The van der Waals surface area contributed by atoms with Crippen molar-refractivity contribution in [2.24, 2.45) is 34.0 Å². The number of hydrogen-bond acceptors (Lipinski definition) is 1. The van der Waals surface area contributed by atoms with Crippen LogP contribution in [0.2, 0.25) is 0 Å². The van der Waals surface area contributed by atoms with Gasteiger partial charge in [0.1, 0.15) is 5.78 Å². The summed E-state index contributed by atoms with van der Waals surface area (Å²) >= 11 is 0. The highest BCUT2D eigenvalue weighted by Crippen LogP contribution is 2.76. The topological polar surface area (TPSA) is 17.1 Å². The molecule has 0 aromatic carbocycles. The number of Topliss-reactive ketones (excluding diaryl/α,β-unsaturated/α-hetero) is 1. The maximum Gasteiger partial charge on any atom is 0.132 e. The molecule has 3 rings (SSSR count). The van der Waals surface area contributed by atoms with Gasteiger partial charge in [0.25, 0.3) is 0 Å². The van der Waals surface area contributed by atoms with E-state index in [1.807, 2.05) is 6.92 Å². The van der Waals surface area contributed by atoms with Crippen LogP contribution >= 0.6 is 0 Å². The van der Waals surface area contributed by atoms with Crippen LogP contribution in [0.4, 0.5) is 0 Å². The largest absolute Gasteiger partial charge is 0.300 e. The van der Waals surface area contributed by atoms with Gasteiger partial charge in [0.15, 0.2) is 0 Å². The number of ketones is 1. The van der Waals surface area contributed by atoms with Gasteiger partial charge in [0.2, 0.25) is 0 Å². The van der Waals surface area contributed by atoms with Crippen LogP contribution in [-0.2, 0) is 4.79 Å². The zero-order valence-electron chi connectivity index (χ0n) is 23.2. The zero-order valence-corrected chi connectivity index (χ0v) is 23.2. The molecule has 0 radical (unpaired) electrons. The van der Waals surface area contributed by atoms with Gasteiger partial charge in [-0.15, -0.1) is 0 Å². The summed E-state index contributed by atoms with van der Waals surface area (Å²) in [6.45, 7) is 14.2. The number of hydrogen-bond donors (Lipinski definition) is 0. The molecule has 0 saturated heterocycles. The van der Waals surface area contributed by atoms with Crippen molar-refractivity contribution >= 4 is 5.78 Å². The fraction of sp³-hybridized carbons (Fsp3) is 0.906. The van der Waals surface area contributed by atoms with E-state index in [2.05, 4.69) is 40.7 Å². The summed E-state index contributed by atoms with van der Waals surface area (Å²) in [5.74, 6) is 2.34. The van der Waals surface area contributed by atoms with Gasteiger partial charge in [0.05, 0.1) is 0 Å². The van der Waals surface area contributed by atoms with E-state index in [1.165, 1.54) is 96.3 Å². The Balaban J connectivity index is 1.45. The molecule has 2 saturated carbocycles. The number of unbranched alkanes of at least 4 members (excludes halogenated alkanes) is 10. The van der Waals surface area contributed by atoms with Gasteiger partial charge < -0.3 is 0 Å². The van der Waals surface area contributed by atoms with Gasteiger partial charge in [-0.2, -0.15) is 0 Å². The first-order valence-corrected chi connectivity index (χ1v) is 14.8. The number of allylic oxidation sites excluding steroid dienone is 2. The smallest absolute Gasteiger partial charge is 0.132 e. The first-order valence-electron chi connectivity index (χ1n) is 14.8. The number of fused-ring (bicyclic) bond motifs is 1. The SMILES string of the molecule is CCCCCCCCCCCCCC(C[C@]1(C)CC[C@H]2C(C)(C)[C@@H]3C[C@@]21CC=C3C)C(C)=O. The lowest BCUT2D eigenvalue weighted by atomic mass is 9.57. The summed E-state index contributed by atoms with van der Waals surface area (Å²) in [5.41, 5.74) is 2.86. The lowest BCUT2D eigenvalue weighted by Gasteiger charge is -2.47. The predicted molar refractivity (Wildman–Crippen MR) is 143 cm³/mol. The van der Waals surface area contributed by atoms with E-state index < -0.39 is 0 Å². The molecule has 0 aromatic rings. The summed E-state index contributed by atoms with van der Waals surface area (Å²) in [6.07, 6.45) is 25.4. The van der Waals surface area contributed by atoms with E-state index in [9.17, 15) is 4.79 Å². The first-order chi connectivity index (χ1) is 15.7. The standard InChI is InChI=1S/C32H56O/c1-7-8-9-10-11-12-13-14-15-16-17-18-27(26(3)33)23-31(6)21-20-29-30(4,5)28-24-32(29,31)22-19-25(28)2/h19,27-29H,7-18,20-24H2,1-6H3/t27?,28-,29+,31+,32+/m1/s1. The van der Waals surface area contributed by atoms with E-state index in [-0.39, 0.29) is 5.92 Å². The first kappa shape index (κ1) is 27.0. The minimum atomic E-state index is 0.288. The molecule has 1 nitrogen and oxygen atoms in total. The van der Waals surface area contributed by atoms with Crippen LogP contribution in [0.5, 0.6) is 0 Å². The zero-order chi connectivity index (χ0) is 24.1. The molecular formula is C32H56O. The Bertz CT molecular complexity index is 672. The summed E-state index contributed by atoms with van der Waals surface area (Å²) < 4.78 is 0. The van der Waals surface area contributed by atoms with Gasteiger partial charge in [-0.25, -0.2) is 0 Å². The summed E-state index contributed by atoms with van der Waals surface area (Å²) in [7, 11) is 0. The van der Waals surface area contributed by atoms with Crippen molar-refractivity contribution in [2.75, 3.05) is 0 Å². The van der Waals surface area contributed by atoms with Crippen molar-refractivity contribution in [3.63, 3.8) is 0 Å². The Morgan fingerprint density at radius 2 is 1.55 bits per heavy atom. The number of carbonyl (C=O) groups is 1. The molecule has 190 valence electrons. The molecule has 0 amide bonds. The van der Waals surface area contributed by atoms with Gasteiger partial charge in [-0.3, -0.25) is 4.79 Å². The molecule has 1 unspecified atom stereocenters. The average Bonchev–Trinajstić information content (AvgIpc) is 3.15. The van der Waals surface area contributed by atoms with Crippen molar-refractivity contribution in [1.82, 2.24) is 0 Å². The summed E-state index contributed by atoms with van der Waals surface area (Å²) in [6, 6.07) is 0. The quantitative estimate of drug-likeness (QED) is 0.177. The van der Waals surface area contributed by atoms with Crippen LogP contribution in [0.1, 0.15) is 151 Å². The minimum absolute atomic E-state index is 0.288. The second-order valence-corrected chi connectivity index (χ2v) is 13.4. The highest BCUT2D eigenvalue weighted by Gasteiger charge is 2.68. The molecule has 2 bridgehead atoms. The second-order valence-electron chi connectivity index (χ2n) is 13.4. The Morgan fingerprint density at radius 3 is 2.12 bits per heavy atom. The predicted octanol–water partition coefficient (Wildman–Crippen LogP) is 10.1. The molecule has 0 aromatic heterocycles. The molecule has 3 aliphatic rings. The van der Waals surface area contributed by atoms with Crippen LogP contribution in [0.3, 0.4) is 0 Å². The molecule has 1 spiro atoms. The van der Waals surface area contributed by atoms with Crippen LogP contribution < -0.4 is 0 Å². The molecule has 0 aliphatic heterocycles. The molecule has 1 heteroatoms. The maximum absolute atomic E-state index is 12.7. The highest BCUT2D eigenvalue weighted by atomic mass is 16.1. The van der Waals surface area contributed by atoms with E-state index in [1.54, 1.807) is 5.57 Å². The molecular weight excluding hydrogens is 400 g/mol. The van der Waals surface area contributed by atoms with Gasteiger partial charge >= 0.3 is 0 Å². The average molecular weight is 457 g/mol. The van der Waals surface area contributed by atoms with Crippen LogP contribution in [0, 0.1) is 34.0 Å². The number of carbonyl (C=O) groups excluding carboxylic acids is 1. The normalized spacial score (nSPS) is 33.1. The Hall–Kier alpha value is -0.590. The van der Waals surface area contributed by atoms with Crippen LogP contribution in [0.25, 0.3) is 0 Å². The maximum atomic E-state index is 12.7. The fourth-order valence-corrected chi connectivity index (χ4v) is 8.81. The monoisotopic (exact) mass is 456 g/mol. The molecule has 3 aliphatic carbocycles. The van der Waals surface area contributed by atoms with E-state index in [0.29, 0.717) is 22.0 Å². The van der Waals surface area contributed by atoms with Crippen LogP contribution in [-0.4, -0.2) is 5.78 Å². The Labute approximate surface area is 207 Å². The third-order valence-corrected chi connectivity index (χ3v) is 11.0. The van der Waals surface area contributed by atoms with Crippen molar-refractivity contribution < 1.29 is 4.79 Å². The summed E-state index contributed by atoms with van der Waals surface area (Å²) in [5, 5.41) is 0. The summed E-state index contributed by atoms with van der Waals surface area (Å²) in [4.78, 5) is 12.7. The van der Waals surface area contributed by atoms with E-state index >= 15 is 0 Å². The second kappa shape index (κ2) is 11.4. The van der Waals surface area contributed by atoms with Gasteiger partial charge in [0, 0.05) is 5.92 Å². The highest BCUT2D eigenvalue weighted by molar-refractivity contribution is 5.78. The lowest BCUT2D eigenvalue weighted by molar-refractivity contribution is -0.123. The minimum Gasteiger partial charge on any atom is -0.300 e. The Morgan fingerprint density at radius 1 is 0.970 bits per heavy atom. The van der Waals surface area contributed by atoms with Crippen LogP contribution in [0.15, 0.2) is 11.6 Å². The van der Waals surface area contributed by atoms with Crippen molar-refractivity contribution in [2.45, 2.75) is 151 Å². The van der Waals surface area contributed by atoms with Crippen molar-refractivity contribution in [3.8, 4) is 0 Å². The van der Waals surface area contributed by atoms with Gasteiger partial charge in [-0.05, 0) is 80.5 Å². The van der Waals surface area contributed by atoms with Crippen molar-refractivity contribution in [3.05, 3.63) is 11.6 Å². The van der Waals surface area contributed by atoms with E-state index in [4.69, 9.17) is 0 Å². The van der Waals surface area contributed by atoms with E-state index in [0.717, 1.165) is 24.7 Å². The molecule has 2 fully saturated rings. The molecule has 0 N–H and O–H groups in total. The van der Waals surface area contributed by atoms with Crippen molar-refractivity contribution in [1.29, 1.82) is 0 Å². The third kappa shape index (κ3) is 5.64. The number of rotatable bonds is 15. The molecule has 0 heterocycles. The third-order valence-electron chi connectivity index (χ3n) is 11.0. The lowest BCUT2D eigenvalue weighted by Crippen LogP contribution is -2.40. The molecule has 5 atom stereocenters. The Kier molecular flexibility index (Phi) is 9.35. The fourth-order valence-electron chi connectivity index (χ4n) is 8.81. The van der Waals surface area contributed by atoms with Gasteiger partial charge in [-0.1, -0.05) is 110 Å². The molecule has 33 heavy (non-hydrogen) atoms.